The lowest BCUT2D eigenvalue weighted by atomic mass is 9.92. The highest BCUT2D eigenvalue weighted by molar-refractivity contribution is 5.83. The smallest absolute Gasteiger partial charge is 0.304 e. The second-order valence-corrected chi connectivity index (χ2v) is 3.06. The van der Waals surface area contributed by atoms with Gasteiger partial charge in [-0.1, -0.05) is 27.7 Å². The third-order valence-corrected chi connectivity index (χ3v) is 1.78. The van der Waals surface area contributed by atoms with Crippen molar-refractivity contribution in [3.05, 3.63) is 0 Å². The summed E-state index contributed by atoms with van der Waals surface area (Å²) in [6, 6.07) is 0. The fourth-order valence-corrected chi connectivity index (χ4v) is 1.00. The summed E-state index contributed by atoms with van der Waals surface area (Å²) in [5.41, 5.74) is 0. The van der Waals surface area contributed by atoms with E-state index in [1.54, 1.807) is 0 Å². The molecule has 2 N–H and O–H groups in total. The summed E-state index contributed by atoms with van der Waals surface area (Å²) < 4.78 is 0. The zero-order valence-corrected chi connectivity index (χ0v) is 9.63. The first-order valence-corrected chi connectivity index (χ1v) is 4.92. The standard InChI is InChI=1S/C8H15NO3.C2H6/c1-5(2)6(4-7(10)11)8(12)9-3;1-2/h5-6H,4H2,1-3H3,(H,9,12)(H,10,11);1-2H3. The Kier molecular flexibility index (Phi) is 9.40. The van der Waals surface area contributed by atoms with Crippen molar-refractivity contribution < 1.29 is 14.7 Å². The molecule has 0 aliphatic rings. The molecule has 0 rings (SSSR count). The van der Waals surface area contributed by atoms with Gasteiger partial charge in [-0.05, 0) is 5.92 Å². The van der Waals surface area contributed by atoms with Crippen LogP contribution in [0.2, 0.25) is 0 Å². The summed E-state index contributed by atoms with van der Waals surface area (Å²) in [6.07, 6.45) is -0.0999. The molecule has 0 saturated heterocycles. The van der Waals surface area contributed by atoms with Gasteiger partial charge in [-0.3, -0.25) is 9.59 Å². The molecule has 0 spiro atoms. The average Bonchev–Trinajstić information content (AvgIpc) is 2.15. The van der Waals surface area contributed by atoms with Gasteiger partial charge in [0.2, 0.25) is 5.91 Å². The van der Waals surface area contributed by atoms with Crippen LogP contribution in [0.5, 0.6) is 0 Å². The Labute approximate surface area is 85.7 Å². The van der Waals surface area contributed by atoms with Crippen molar-refractivity contribution in [3.63, 3.8) is 0 Å². The highest BCUT2D eigenvalue weighted by Gasteiger charge is 2.23. The van der Waals surface area contributed by atoms with Crippen LogP contribution in [0.1, 0.15) is 34.1 Å². The second-order valence-electron chi connectivity index (χ2n) is 3.06. The van der Waals surface area contributed by atoms with Crippen molar-refractivity contribution in [1.82, 2.24) is 5.32 Å². The third kappa shape index (κ3) is 6.46. The maximum Gasteiger partial charge on any atom is 0.304 e. The normalized spacial score (nSPS) is 11.3. The molecule has 84 valence electrons. The van der Waals surface area contributed by atoms with Crippen molar-refractivity contribution in [2.45, 2.75) is 34.1 Å². The number of hydrogen-bond acceptors (Lipinski definition) is 2. The summed E-state index contributed by atoms with van der Waals surface area (Å²) in [4.78, 5) is 21.5. The molecule has 0 aliphatic heterocycles. The van der Waals surface area contributed by atoms with Crippen LogP contribution in [0.25, 0.3) is 0 Å². The molecular weight excluding hydrogens is 182 g/mol. The maximum absolute atomic E-state index is 11.1. The zero-order valence-electron chi connectivity index (χ0n) is 9.63. The Balaban J connectivity index is 0. The van der Waals surface area contributed by atoms with Crippen molar-refractivity contribution in [2.24, 2.45) is 11.8 Å². The summed E-state index contributed by atoms with van der Waals surface area (Å²) in [6.45, 7) is 7.67. The molecule has 0 radical (unpaired) electrons. The first kappa shape index (κ1) is 15.4. The third-order valence-electron chi connectivity index (χ3n) is 1.78. The van der Waals surface area contributed by atoms with Crippen LogP contribution >= 0.6 is 0 Å². The van der Waals surface area contributed by atoms with Crippen molar-refractivity contribution in [2.75, 3.05) is 7.05 Å². The molecule has 1 unspecified atom stereocenters. The fraction of sp³-hybridized carbons (Fsp3) is 0.800. The van der Waals surface area contributed by atoms with E-state index in [1.807, 2.05) is 27.7 Å². The van der Waals surface area contributed by atoms with E-state index < -0.39 is 11.9 Å². The van der Waals surface area contributed by atoms with E-state index in [2.05, 4.69) is 5.32 Å². The lowest BCUT2D eigenvalue weighted by Crippen LogP contribution is -2.32. The molecule has 1 atom stereocenters. The molecule has 0 aromatic rings. The molecule has 0 fully saturated rings. The van der Waals surface area contributed by atoms with E-state index in [0.717, 1.165) is 0 Å². The number of nitrogens with one attached hydrogen (secondary N) is 1. The van der Waals surface area contributed by atoms with Gasteiger partial charge in [0, 0.05) is 7.05 Å². The number of rotatable bonds is 4. The first-order chi connectivity index (χ1) is 6.49. The summed E-state index contributed by atoms with van der Waals surface area (Å²) in [5, 5.41) is 10.9. The molecule has 4 nitrogen and oxygen atoms in total. The maximum atomic E-state index is 11.1. The number of carbonyl (C=O) groups is 2. The number of hydrogen-bond donors (Lipinski definition) is 2. The predicted molar refractivity (Wildman–Crippen MR) is 56.0 cm³/mol. The molecule has 4 heteroatoms. The van der Waals surface area contributed by atoms with E-state index in [4.69, 9.17) is 5.11 Å². The SMILES string of the molecule is CC.CNC(=O)C(CC(=O)O)C(C)C. The molecule has 0 aromatic carbocycles. The van der Waals surface area contributed by atoms with Crippen LogP contribution < -0.4 is 5.32 Å². The van der Waals surface area contributed by atoms with E-state index in [-0.39, 0.29) is 18.2 Å². The largest absolute Gasteiger partial charge is 0.481 e. The number of carboxylic acid groups (broad SMARTS) is 1. The van der Waals surface area contributed by atoms with Gasteiger partial charge in [-0.25, -0.2) is 0 Å². The van der Waals surface area contributed by atoms with E-state index in [1.165, 1.54) is 7.05 Å². The Morgan fingerprint density at radius 2 is 1.71 bits per heavy atom. The van der Waals surface area contributed by atoms with Crippen LogP contribution in [0, 0.1) is 11.8 Å². The van der Waals surface area contributed by atoms with Crippen LogP contribution in [-0.4, -0.2) is 24.0 Å². The quantitative estimate of drug-likeness (QED) is 0.727. The summed E-state index contributed by atoms with van der Waals surface area (Å²) in [5.74, 6) is -1.50. The van der Waals surface area contributed by atoms with Gasteiger partial charge >= 0.3 is 5.97 Å². The monoisotopic (exact) mass is 203 g/mol. The van der Waals surface area contributed by atoms with Gasteiger partial charge in [0.1, 0.15) is 0 Å². The summed E-state index contributed by atoms with van der Waals surface area (Å²) >= 11 is 0. The minimum absolute atomic E-state index is 0.0565. The van der Waals surface area contributed by atoms with Gasteiger partial charge < -0.3 is 10.4 Å². The highest BCUT2D eigenvalue weighted by atomic mass is 16.4. The second kappa shape index (κ2) is 8.53. The Morgan fingerprint density at radius 3 is 1.93 bits per heavy atom. The van der Waals surface area contributed by atoms with Crippen molar-refractivity contribution >= 4 is 11.9 Å². The minimum atomic E-state index is -0.933. The van der Waals surface area contributed by atoms with Gasteiger partial charge in [0.25, 0.3) is 0 Å². The van der Waals surface area contributed by atoms with Crippen LogP contribution in [0.3, 0.4) is 0 Å². The molecule has 0 aromatic heterocycles. The van der Waals surface area contributed by atoms with E-state index >= 15 is 0 Å². The van der Waals surface area contributed by atoms with Gasteiger partial charge in [-0.15, -0.1) is 0 Å². The predicted octanol–water partition coefficient (Wildman–Crippen LogP) is 1.51. The van der Waals surface area contributed by atoms with Crippen molar-refractivity contribution in [3.8, 4) is 0 Å². The van der Waals surface area contributed by atoms with Crippen LogP contribution in [0.15, 0.2) is 0 Å². The fourth-order valence-electron chi connectivity index (χ4n) is 1.00. The molecule has 0 heterocycles. The lowest BCUT2D eigenvalue weighted by Gasteiger charge is -2.16. The van der Waals surface area contributed by atoms with Gasteiger partial charge in [0.15, 0.2) is 0 Å². The van der Waals surface area contributed by atoms with E-state index in [9.17, 15) is 9.59 Å². The van der Waals surface area contributed by atoms with E-state index in [0.29, 0.717) is 0 Å². The highest BCUT2D eigenvalue weighted by Crippen LogP contribution is 2.14. The topological polar surface area (TPSA) is 66.4 Å². The molecule has 14 heavy (non-hydrogen) atoms. The molecule has 1 amide bonds. The number of carbonyl (C=O) groups excluding carboxylic acids is 1. The van der Waals surface area contributed by atoms with Crippen molar-refractivity contribution in [1.29, 1.82) is 0 Å². The first-order valence-electron chi connectivity index (χ1n) is 4.92. The van der Waals surface area contributed by atoms with Crippen LogP contribution in [-0.2, 0) is 9.59 Å². The number of carboxylic acids is 1. The molecular formula is C10H21NO3. The Hall–Kier alpha value is -1.06. The van der Waals surface area contributed by atoms with Gasteiger partial charge in [0.05, 0.1) is 12.3 Å². The number of aliphatic carboxylic acids is 1. The number of amides is 1. The van der Waals surface area contributed by atoms with Crippen LogP contribution in [0.4, 0.5) is 0 Å². The average molecular weight is 203 g/mol. The van der Waals surface area contributed by atoms with Gasteiger partial charge in [-0.2, -0.15) is 0 Å². The zero-order chi connectivity index (χ0) is 11.7. The summed E-state index contributed by atoms with van der Waals surface area (Å²) in [7, 11) is 1.51. The molecule has 0 saturated carbocycles. The Morgan fingerprint density at radius 1 is 1.29 bits per heavy atom. The Bertz CT molecular complexity index is 178. The molecule has 0 aliphatic carbocycles. The lowest BCUT2D eigenvalue weighted by molar-refractivity contribution is -0.141. The minimum Gasteiger partial charge on any atom is -0.481 e. The molecule has 0 bridgehead atoms.